The molecule has 0 spiro atoms. The van der Waals surface area contributed by atoms with Gasteiger partial charge in [0.1, 0.15) is 0 Å². The van der Waals surface area contributed by atoms with Crippen molar-refractivity contribution < 1.29 is 26.4 Å². The summed E-state index contributed by atoms with van der Waals surface area (Å²) in [5, 5.41) is 3.13. The number of nitrogens with one attached hydrogen (secondary N) is 1. The molecule has 0 bridgehead atoms. The zero-order valence-electron chi connectivity index (χ0n) is 15.7. The average molecular weight is 462 g/mol. The van der Waals surface area contributed by atoms with E-state index in [1.54, 1.807) is 29.2 Å². The molecule has 1 fully saturated rings. The van der Waals surface area contributed by atoms with Crippen LogP contribution in [0.4, 0.5) is 24.5 Å². The van der Waals surface area contributed by atoms with Crippen molar-refractivity contribution in [1.29, 1.82) is 0 Å². The lowest BCUT2D eigenvalue weighted by Gasteiger charge is -2.36. The van der Waals surface area contributed by atoms with Crippen molar-refractivity contribution in [3.63, 3.8) is 0 Å². The highest BCUT2D eigenvalue weighted by Gasteiger charge is 2.48. The van der Waals surface area contributed by atoms with Crippen LogP contribution in [0.2, 0.25) is 5.02 Å². The Bertz CT molecular complexity index is 1020. The number of piperazine rings is 1. The lowest BCUT2D eigenvalue weighted by molar-refractivity contribution is -0.117. The monoisotopic (exact) mass is 461 g/mol. The molecule has 3 rings (SSSR count). The van der Waals surface area contributed by atoms with Gasteiger partial charge in [-0.1, -0.05) is 35.9 Å². The summed E-state index contributed by atoms with van der Waals surface area (Å²) in [5.41, 5.74) is -4.87. The van der Waals surface area contributed by atoms with Crippen LogP contribution in [0.25, 0.3) is 0 Å². The van der Waals surface area contributed by atoms with Crippen LogP contribution in [-0.2, 0) is 14.6 Å². The van der Waals surface area contributed by atoms with Crippen molar-refractivity contribution in [2.24, 2.45) is 0 Å². The van der Waals surface area contributed by atoms with Crippen molar-refractivity contribution in [3.05, 3.63) is 53.6 Å². The second kappa shape index (κ2) is 8.83. The molecule has 162 valence electrons. The van der Waals surface area contributed by atoms with Crippen molar-refractivity contribution >= 4 is 38.7 Å². The minimum atomic E-state index is -5.46. The van der Waals surface area contributed by atoms with Crippen LogP contribution in [0, 0.1) is 0 Å². The van der Waals surface area contributed by atoms with Gasteiger partial charge in [-0.25, -0.2) is 8.42 Å². The number of hydrogen-bond donors (Lipinski definition) is 1. The molecule has 1 aliphatic rings. The van der Waals surface area contributed by atoms with Crippen LogP contribution in [-0.4, -0.2) is 57.5 Å². The first-order chi connectivity index (χ1) is 14.1. The predicted molar refractivity (Wildman–Crippen MR) is 108 cm³/mol. The summed E-state index contributed by atoms with van der Waals surface area (Å²) in [6, 6.07) is 11.9. The molecule has 0 radical (unpaired) electrons. The lowest BCUT2D eigenvalue weighted by atomic mass is 10.2. The molecule has 1 amide bonds. The average Bonchev–Trinajstić information content (AvgIpc) is 2.69. The number of carbonyl (C=O) groups excluding carboxylic acids is 1. The molecule has 0 aromatic heterocycles. The third-order valence-corrected chi connectivity index (χ3v) is 6.55. The fourth-order valence-electron chi connectivity index (χ4n) is 3.17. The molecular formula is C19H19ClF3N3O3S. The summed E-state index contributed by atoms with van der Waals surface area (Å²) in [5.74, 6) is -0.267. The van der Waals surface area contributed by atoms with Crippen LogP contribution < -0.4 is 10.2 Å². The number of halogens is 4. The van der Waals surface area contributed by atoms with Gasteiger partial charge in [0.25, 0.3) is 9.84 Å². The topological polar surface area (TPSA) is 69.7 Å². The van der Waals surface area contributed by atoms with Gasteiger partial charge in [0.05, 0.1) is 27.8 Å². The van der Waals surface area contributed by atoms with E-state index < -0.39 is 20.2 Å². The maximum Gasteiger partial charge on any atom is 0.501 e. The quantitative estimate of drug-likeness (QED) is 0.739. The summed E-state index contributed by atoms with van der Waals surface area (Å²) in [4.78, 5) is 14.9. The largest absolute Gasteiger partial charge is 0.501 e. The number of amides is 1. The molecule has 1 N–H and O–H groups in total. The van der Waals surface area contributed by atoms with Gasteiger partial charge >= 0.3 is 5.51 Å². The SMILES string of the molecule is O=C(CN1CCN(c2ccccc2S(=O)(=O)C(F)(F)F)CC1)Nc1ccccc1Cl. The first kappa shape index (κ1) is 22.4. The Morgan fingerprint density at radius 3 is 2.23 bits per heavy atom. The maximum atomic E-state index is 13.0. The molecule has 1 heterocycles. The third kappa shape index (κ3) is 4.88. The Morgan fingerprint density at radius 1 is 1.00 bits per heavy atom. The van der Waals surface area contributed by atoms with E-state index in [1.807, 2.05) is 4.90 Å². The summed E-state index contributed by atoms with van der Waals surface area (Å²) in [7, 11) is -5.46. The summed E-state index contributed by atoms with van der Waals surface area (Å²) < 4.78 is 62.8. The Labute approximate surface area is 177 Å². The second-order valence-corrected chi connectivity index (χ2v) is 9.02. The van der Waals surface area contributed by atoms with Crippen LogP contribution in [0.1, 0.15) is 0 Å². The molecule has 0 aliphatic carbocycles. The Hall–Kier alpha value is -2.30. The van der Waals surface area contributed by atoms with Crippen LogP contribution in [0.15, 0.2) is 53.4 Å². The number of carbonyl (C=O) groups is 1. The normalized spacial score (nSPS) is 15.8. The molecule has 1 aliphatic heterocycles. The Balaban J connectivity index is 1.64. The fourth-order valence-corrected chi connectivity index (χ4v) is 4.34. The molecule has 2 aromatic rings. The lowest BCUT2D eigenvalue weighted by Crippen LogP contribution is -2.49. The highest BCUT2D eigenvalue weighted by Crippen LogP contribution is 2.36. The number of rotatable bonds is 5. The van der Waals surface area contributed by atoms with Crippen molar-refractivity contribution in [2.75, 3.05) is 42.9 Å². The van der Waals surface area contributed by atoms with Gasteiger partial charge in [0, 0.05) is 26.2 Å². The smallest absolute Gasteiger partial charge is 0.368 e. The van der Waals surface area contributed by atoms with E-state index in [2.05, 4.69) is 5.32 Å². The molecule has 30 heavy (non-hydrogen) atoms. The summed E-state index contributed by atoms with van der Waals surface area (Å²) >= 11 is 6.02. The van der Waals surface area contributed by atoms with E-state index in [9.17, 15) is 26.4 Å². The number of nitrogens with zero attached hydrogens (tertiary/aromatic N) is 2. The van der Waals surface area contributed by atoms with Gasteiger partial charge in [-0.2, -0.15) is 13.2 Å². The van der Waals surface area contributed by atoms with E-state index >= 15 is 0 Å². The van der Waals surface area contributed by atoms with E-state index in [4.69, 9.17) is 11.6 Å². The van der Waals surface area contributed by atoms with Crippen molar-refractivity contribution in [3.8, 4) is 0 Å². The van der Waals surface area contributed by atoms with Gasteiger partial charge in [0.2, 0.25) is 5.91 Å². The molecule has 6 nitrogen and oxygen atoms in total. The zero-order valence-corrected chi connectivity index (χ0v) is 17.3. The highest BCUT2D eigenvalue weighted by atomic mass is 35.5. The number of para-hydroxylation sites is 2. The van der Waals surface area contributed by atoms with Gasteiger partial charge in [0.15, 0.2) is 0 Å². The van der Waals surface area contributed by atoms with Crippen LogP contribution >= 0.6 is 11.6 Å². The standard InChI is InChI=1S/C19H19ClF3N3O3S/c20-14-5-1-2-6-15(14)24-18(27)13-25-9-11-26(12-10-25)16-7-3-4-8-17(16)30(28,29)19(21,22)23/h1-8H,9-13H2,(H,24,27). The minimum Gasteiger partial charge on any atom is -0.368 e. The number of benzene rings is 2. The first-order valence-corrected chi connectivity index (χ1v) is 10.9. The van der Waals surface area contributed by atoms with Gasteiger partial charge in [-0.05, 0) is 24.3 Å². The van der Waals surface area contributed by atoms with Gasteiger partial charge in [-0.15, -0.1) is 0 Å². The maximum absolute atomic E-state index is 13.0. The molecular weight excluding hydrogens is 443 g/mol. The van der Waals surface area contributed by atoms with Crippen LogP contribution in [0.5, 0.6) is 0 Å². The molecule has 1 saturated heterocycles. The molecule has 0 atom stereocenters. The van der Waals surface area contributed by atoms with Crippen LogP contribution in [0.3, 0.4) is 0 Å². The number of anilines is 2. The fraction of sp³-hybridized carbons (Fsp3) is 0.316. The van der Waals surface area contributed by atoms with Gasteiger partial charge in [-0.3, -0.25) is 9.69 Å². The van der Waals surface area contributed by atoms with Gasteiger partial charge < -0.3 is 10.2 Å². The predicted octanol–water partition coefficient (Wildman–Crippen LogP) is 3.39. The van der Waals surface area contributed by atoms with E-state index in [0.717, 1.165) is 6.07 Å². The van der Waals surface area contributed by atoms with Crippen molar-refractivity contribution in [1.82, 2.24) is 4.90 Å². The summed E-state index contributed by atoms with van der Waals surface area (Å²) in [6.45, 7) is 1.42. The highest BCUT2D eigenvalue weighted by molar-refractivity contribution is 7.92. The van der Waals surface area contributed by atoms with Crippen molar-refractivity contribution in [2.45, 2.75) is 10.4 Å². The third-order valence-electron chi connectivity index (χ3n) is 4.69. The van der Waals surface area contributed by atoms with E-state index in [0.29, 0.717) is 23.8 Å². The number of sulfone groups is 1. The Morgan fingerprint density at radius 2 is 1.60 bits per heavy atom. The first-order valence-electron chi connectivity index (χ1n) is 9.01. The second-order valence-electron chi connectivity index (χ2n) is 6.71. The molecule has 0 unspecified atom stereocenters. The molecule has 2 aromatic carbocycles. The number of alkyl halides is 3. The zero-order chi connectivity index (χ0) is 21.9. The van der Waals surface area contributed by atoms with E-state index in [1.165, 1.54) is 18.2 Å². The minimum absolute atomic E-state index is 0.00925. The summed E-state index contributed by atoms with van der Waals surface area (Å²) in [6.07, 6.45) is 0. The molecule has 11 heteroatoms. The Kier molecular flexibility index (Phi) is 6.59. The van der Waals surface area contributed by atoms with E-state index in [-0.39, 0.29) is 31.2 Å². The number of hydrogen-bond acceptors (Lipinski definition) is 5. The molecule has 0 saturated carbocycles.